The Hall–Kier alpha value is -1.70. The van der Waals surface area contributed by atoms with Crippen molar-refractivity contribution in [1.29, 1.82) is 0 Å². The van der Waals surface area contributed by atoms with E-state index < -0.39 is 0 Å². The summed E-state index contributed by atoms with van der Waals surface area (Å²) in [5, 5.41) is 9.02. The van der Waals surface area contributed by atoms with Crippen LogP contribution in [-0.2, 0) is 0 Å². The molecule has 0 aliphatic heterocycles. The summed E-state index contributed by atoms with van der Waals surface area (Å²) in [5.41, 5.74) is 0.970. The minimum absolute atomic E-state index is 0.269. The van der Waals surface area contributed by atoms with E-state index in [1.54, 1.807) is 18.4 Å². The molecule has 0 atom stereocenters. The zero-order chi connectivity index (χ0) is 8.39. The second kappa shape index (κ2) is 2.74. The average molecular weight is 160 g/mol. The Morgan fingerprint density at radius 2 is 1.75 bits per heavy atom. The van der Waals surface area contributed by atoms with Gasteiger partial charge in [-0.1, -0.05) is 0 Å². The largest absolute Gasteiger partial charge is 0.508 e. The number of phenols is 1. The van der Waals surface area contributed by atoms with Gasteiger partial charge in [-0.3, -0.25) is 0 Å². The molecule has 2 heteroatoms. The van der Waals surface area contributed by atoms with Gasteiger partial charge in [0.25, 0.3) is 0 Å². The van der Waals surface area contributed by atoms with Crippen LogP contribution in [0, 0.1) is 0 Å². The summed E-state index contributed by atoms with van der Waals surface area (Å²) in [5.74, 6) is 1.08. The van der Waals surface area contributed by atoms with Crippen molar-refractivity contribution in [1.82, 2.24) is 0 Å². The Kier molecular flexibility index (Phi) is 1.59. The molecule has 1 aromatic carbocycles. The predicted molar refractivity (Wildman–Crippen MR) is 45.8 cm³/mol. The summed E-state index contributed by atoms with van der Waals surface area (Å²) >= 11 is 0. The number of hydrogen-bond acceptors (Lipinski definition) is 2. The van der Waals surface area contributed by atoms with Gasteiger partial charge in [0.2, 0.25) is 0 Å². The summed E-state index contributed by atoms with van der Waals surface area (Å²) in [6, 6.07) is 10.6. The minimum Gasteiger partial charge on any atom is -0.508 e. The molecule has 60 valence electrons. The fourth-order valence-electron chi connectivity index (χ4n) is 1.07. The Balaban J connectivity index is 2.43. The standard InChI is InChI=1S/C10H8O2/c11-9-5-3-8(4-6-9)10-2-1-7-12-10/h1-7,11H. The zero-order valence-corrected chi connectivity index (χ0v) is 6.40. The molecule has 0 unspecified atom stereocenters. The highest BCUT2D eigenvalue weighted by Crippen LogP contribution is 2.21. The van der Waals surface area contributed by atoms with Gasteiger partial charge in [0, 0.05) is 5.56 Å². The first-order valence-electron chi connectivity index (χ1n) is 3.69. The molecule has 0 bridgehead atoms. The maximum Gasteiger partial charge on any atom is 0.133 e. The van der Waals surface area contributed by atoms with Crippen molar-refractivity contribution in [2.45, 2.75) is 0 Å². The van der Waals surface area contributed by atoms with Crippen LogP contribution in [-0.4, -0.2) is 5.11 Å². The Labute approximate surface area is 70.1 Å². The monoisotopic (exact) mass is 160 g/mol. The maximum atomic E-state index is 9.02. The lowest BCUT2D eigenvalue weighted by molar-refractivity contribution is 0.475. The molecule has 2 rings (SSSR count). The summed E-state index contributed by atoms with van der Waals surface area (Å²) < 4.78 is 5.18. The van der Waals surface area contributed by atoms with Gasteiger partial charge in [0.15, 0.2) is 0 Å². The number of benzene rings is 1. The summed E-state index contributed by atoms with van der Waals surface area (Å²) in [6.45, 7) is 0. The van der Waals surface area contributed by atoms with Crippen molar-refractivity contribution in [3.63, 3.8) is 0 Å². The number of rotatable bonds is 1. The molecule has 0 radical (unpaired) electrons. The van der Waals surface area contributed by atoms with Gasteiger partial charge in [0.05, 0.1) is 6.26 Å². The number of hydrogen-bond donors (Lipinski definition) is 1. The molecule has 1 aromatic heterocycles. The fraction of sp³-hybridized carbons (Fsp3) is 0. The van der Waals surface area contributed by atoms with E-state index >= 15 is 0 Å². The van der Waals surface area contributed by atoms with Crippen LogP contribution in [0.3, 0.4) is 0 Å². The van der Waals surface area contributed by atoms with Crippen LogP contribution in [0.1, 0.15) is 0 Å². The predicted octanol–water partition coefficient (Wildman–Crippen LogP) is 2.65. The molecule has 0 fully saturated rings. The van der Waals surface area contributed by atoms with E-state index in [-0.39, 0.29) is 5.75 Å². The zero-order valence-electron chi connectivity index (χ0n) is 6.40. The lowest BCUT2D eigenvalue weighted by Gasteiger charge is -1.95. The van der Waals surface area contributed by atoms with E-state index in [4.69, 9.17) is 9.52 Å². The lowest BCUT2D eigenvalue weighted by atomic mass is 10.2. The van der Waals surface area contributed by atoms with E-state index in [2.05, 4.69) is 0 Å². The van der Waals surface area contributed by atoms with Crippen LogP contribution in [0.15, 0.2) is 47.1 Å². The maximum absolute atomic E-state index is 9.02. The highest BCUT2D eigenvalue weighted by Gasteiger charge is 1.98. The van der Waals surface area contributed by atoms with Crippen molar-refractivity contribution in [2.24, 2.45) is 0 Å². The third-order valence-corrected chi connectivity index (χ3v) is 1.67. The molecule has 0 amide bonds. The second-order valence-corrected chi connectivity index (χ2v) is 2.52. The average Bonchev–Trinajstić information content (AvgIpc) is 2.58. The van der Waals surface area contributed by atoms with E-state index in [1.807, 2.05) is 24.3 Å². The van der Waals surface area contributed by atoms with Gasteiger partial charge >= 0.3 is 0 Å². The molecular formula is C10H8O2. The molecule has 0 saturated carbocycles. The smallest absolute Gasteiger partial charge is 0.133 e. The van der Waals surface area contributed by atoms with E-state index in [9.17, 15) is 0 Å². The summed E-state index contributed by atoms with van der Waals surface area (Å²) in [4.78, 5) is 0. The van der Waals surface area contributed by atoms with E-state index in [0.29, 0.717) is 0 Å². The lowest BCUT2D eigenvalue weighted by Crippen LogP contribution is -1.71. The van der Waals surface area contributed by atoms with Crippen LogP contribution in [0.25, 0.3) is 11.3 Å². The normalized spacial score (nSPS) is 10.0. The first kappa shape index (κ1) is 6.98. The van der Waals surface area contributed by atoms with Crippen LogP contribution in [0.5, 0.6) is 5.75 Å². The Morgan fingerprint density at radius 3 is 2.33 bits per heavy atom. The van der Waals surface area contributed by atoms with Crippen LogP contribution in [0.4, 0.5) is 0 Å². The molecule has 1 heterocycles. The number of phenolic OH excluding ortho intramolecular Hbond substituents is 1. The molecule has 0 spiro atoms. The van der Waals surface area contributed by atoms with Gasteiger partial charge in [-0.2, -0.15) is 0 Å². The molecule has 2 nitrogen and oxygen atoms in total. The fourth-order valence-corrected chi connectivity index (χ4v) is 1.07. The third-order valence-electron chi connectivity index (χ3n) is 1.67. The van der Waals surface area contributed by atoms with Crippen LogP contribution in [0.2, 0.25) is 0 Å². The highest BCUT2D eigenvalue weighted by molar-refractivity contribution is 5.57. The topological polar surface area (TPSA) is 33.4 Å². The Bertz CT molecular complexity index is 346. The molecule has 1 N–H and O–H groups in total. The first-order valence-corrected chi connectivity index (χ1v) is 3.69. The van der Waals surface area contributed by atoms with Gasteiger partial charge < -0.3 is 9.52 Å². The molecular weight excluding hydrogens is 152 g/mol. The van der Waals surface area contributed by atoms with Gasteiger partial charge in [-0.15, -0.1) is 0 Å². The summed E-state index contributed by atoms with van der Waals surface area (Å²) in [7, 11) is 0. The number of furan rings is 1. The number of aromatic hydroxyl groups is 1. The van der Waals surface area contributed by atoms with Crippen LogP contribution >= 0.6 is 0 Å². The third kappa shape index (κ3) is 1.19. The van der Waals surface area contributed by atoms with Crippen molar-refractivity contribution in [2.75, 3.05) is 0 Å². The van der Waals surface area contributed by atoms with E-state index in [0.717, 1.165) is 11.3 Å². The SMILES string of the molecule is Oc1ccc(-c2ccco2)cc1. The van der Waals surface area contributed by atoms with E-state index in [1.165, 1.54) is 0 Å². The van der Waals surface area contributed by atoms with Gasteiger partial charge in [0.1, 0.15) is 11.5 Å². The van der Waals surface area contributed by atoms with Crippen molar-refractivity contribution in [3.8, 4) is 17.1 Å². The minimum atomic E-state index is 0.269. The van der Waals surface area contributed by atoms with Crippen LogP contribution < -0.4 is 0 Å². The second-order valence-electron chi connectivity index (χ2n) is 2.52. The quantitative estimate of drug-likeness (QED) is 0.695. The molecule has 0 saturated heterocycles. The van der Waals surface area contributed by atoms with Gasteiger partial charge in [-0.25, -0.2) is 0 Å². The molecule has 0 aliphatic carbocycles. The first-order chi connectivity index (χ1) is 5.86. The molecule has 12 heavy (non-hydrogen) atoms. The molecule has 2 aromatic rings. The van der Waals surface area contributed by atoms with Crippen molar-refractivity contribution in [3.05, 3.63) is 42.7 Å². The Morgan fingerprint density at radius 1 is 1.00 bits per heavy atom. The van der Waals surface area contributed by atoms with Gasteiger partial charge in [-0.05, 0) is 36.4 Å². The van der Waals surface area contributed by atoms with Crippen molar-refractivity contribution < 1.29 is 9.52 Å². The molecule has 0 aliphatic rings. The highest BCUT2D eigenvalue weighted by atomic mass is 16.3. The summed E-state index contributed by atoms with van der Waals surface area (Å²) in [6.07, 6.45) is 1.63. The van der Waals surface area contributed by atoms with Crippen molar-refractivity contribution >= 4 is 0 Å².